The van der Waals surface area contributed by atoms with Crippen molar-refractivity contribution in [3.63, 3.8) is 0 Å². The van der Waals surface area contributed by atoms with E-state index in [1.54, 1.807) is 7.05 Å². The largest absolute Gasteiger partial charge is 0.358 e. The van der Waals surface area contributed by atoms with E-state index in [4.69, 9.17) is 0 Å². The maximum Gasteiger partial charge on any atom is 0.242 e. The summed E-state index contributed by atoms with van der Waals surface area (Å²) in [5.41, 5.74) is 1.04. The lowest BCUT2D eigenvalue weighted by Gasteiger charge is -2.15. The Hall–Kier alpha value is -1.95. The molecule has 5 nitrogen and oxygen atoms in total. The molecule has 6 heteroatoms. The molecule has 122 valence electrons. The highest BCUT2D eigenvalue weighted by atomic mass is 32.2. The number of carbonyl (C=O) groups excluding carboxylic acids is 2. The number of thioether (sulfide) groups is 1. The molecule has 1 aromatic heterocycles. The minimum Gasteiger partial charge on any atom is -0.358 e. The van der Waals surface area contributed by atoms with Crippen molar-refractivity contribution in [1.29, 1.82) is 0 Å². The van der Waals surface area contributed by atoms with Crippen LogP contribution in [0.5, 0.6) is 0 Å². The molecule has 2 amide bonds. The van der Waals surface area contributed by atoms with Crippen molar-refractivity contribution in [1.82, 2.24) is 14.8 Å². The molecule has 1 saturated heterocycles. The number of hydrogen-bond donors (Lipinski definition) is 1. The van der Waals surface area contributed by atoms with Crippen LogP contribution in [0.3, 0.4) is 0 Å². The third-order valence-electron chi connectivity index (χ3n) is 4.15. The van der Waals surface area contributed by atoms with Gasteiger partial charge in [-0.05, 0) is 18.9 Å². The number of hydrogen-bond acceptors (Lipinski definition) is 3. The Labute approximate surface area is 140 Å². The first-order valence-electron chi connectivity index (χ1n) is 7.88. The lowest BCUT2D eigenvalue weighted by atomic mass is 10.2. The SMILES string of the molecule is CNC(=O)CSc1cn(CC(=O)N2CCCC2)c2ccccc12. The summed E-state index contributed by atoms with van der Waals surface area (Å²) in [5.74, 6) is 0.552. The standard InChI is InChI=1S/C17H21N3O2S/c1-18-16(21)12-23-15-10-20(14-7-3-2-6-13(14)15)11-17(22)19-8-4-5-9-19/h2-3,6-7,10H,4-5,8-9,11-12H2,1H3,(H,18,21). The maximum absolute atomic E-state index is 12.4. The van der Waals surface area contributed by atoms with Gasteiger partial charge in [0.1, 0.15) is 6.54 Å². The van der Waals surface area contributed by atoms with E-state index in [1.165, 1.54) is 11.8 Å². The van der Waals surface area contributed by atoms with E-state index >= 15 is 0 Å². The predicted molar refractivity (Wildman–Crippen MR) is 92.5 cm³/mol. The zero-order chi connectivity index (χ0) is 16.2. The normalized spacial score (nSPS) is 14.4. The van der Waals surface area contributed by atoms with E-state index in [-0.39, 0.29) is 11.8 Å². The van der Waals surface area contributed by atoms with Crippen LogP contribution >= 0.6 is 11.8 Å². The van der Waals surface area contributed by atoms with Crippen LogP contribution in [0, 0.1) is 0 Å². The third-order valence-corrected chi connectivity index (χ3v) is 5.20. The van der Waals surface area contributed by atoms with E-state index in [0.29, 0.717) is 12.3 Å². The molecule has 0 bridgehead atoms. The van der Waals surface area contributed by atoms with Crippen LogP contribution in [-0.2, 0) is 16.1 Å². The zero-order valence-corrected chi connectivity index (χ0v) is 14.1. The number of para-hydroxylation sites is 1. The number of aromatic nitrogens is 1. The van der Waals surface area contributed by atoms with Crippen LogP contribution in [-0.4, -0.2) is 47.2 Å². The Kier molecular flexibility index (Phi) is 4.91. The smallest absolute Gasteiger partial charge is 0.242 e. The molecule has 0 atom stereocenters. The van der Waals surface area contributed by atoms with Crippen LogP contribution in [0.2, 0.25) is 0 Å². The highest BCUT2D eigenvalue weighted by molar-refractivity contribution is 8.00. The summed E-state index contributed by atoms with van der Waals surface area (Å²) >= 11 is 1.50. The van der Waals surface area contributed by atoms with Gasteiger partial charge in [0.05, 0.1) is 5.75 Å². The highest BCUT2D eigenvalue weighted by Crippen LogP contribution is 2.30. The van der Waals surface area contributed by atoms with Crippen molar-refractivity contribution >= 4 is 34.5 Å². The molecular formula is C17H21N3O2S. The average Bonchev–Trinajstić information content (AvgIpc) is 3.21. The van der Waals surface area contributed by atoms with Gasteiger partial charge in [0.25, 0.3) is 0 Å². The summed E-state index contributed by atoms with van der Waals surface area (Å²) in [6, 6.07) is 8.03. The second-order valence-corrected chi connectivity index (χ2v) is 6.71. The van der Waals surface area contributed by atoms with Crippen LogP contribution in [0.4, 0.5) is 0 Å². The van der Waals surface area contributed by atoms with Gasteiger partial charge in [-0.1, -0.05) is 18.2 Å². The zero-order valence-electron chi connectivity index (χ0n) is 13.2. The van der Waals surface area contributed by atoms with Crippen molar-refractivity contribution in [2.45, 2.75) is 24.3 Å². The van der Waals surface area contributed by atoms with Gasteiger partial charge in [0.2, 0.25) is 11.8 Å². The van der Waals surface area contributed by atoms with Gasteiger partial charge in [-0.25, -0.2) is 0 Å². The van der Waals surface area contributed by atoms with Crippen LogP contribution < -0.4 is 5.32 Å². The lowest BCUT2D eigenvalue weighted by Crippen LogP contribution is -2.30. The summed E-state index contributed by atoms with van der Waals surface area (Å²) in [4.78, 5) is 26.9. The molecule has 1 aliphatic rings. The summed E-state index contributed by atoms with van der Waals surface area (Å²) in [5, 5.41) is 3.73. The Morgan fingerprint density at radius 2 is 1.96 bits per heavy atom. The minimum atomic E-state index is -0.0000238. The quantitative estimate of drug-likeness (QED) is 0.854. The van der Waals surface area contributed by atoms with Gasteiger partial charge >= 0.3 is 0 Å². The number of likely N-dealkylation sites (tertiary alicyclic amines) is 1. The molecule has 0 unspecified atom stereocenters. The number of nitrogens with one attached hydrogen (secondary N) is 1. The molecule has 0 aliphatic carbocycles. The molecule has 3 rings (SSSR count). The van der Waals surface area contributed by atoms with E-state index in [2.05, 4.69) is 5.32 Å². The predicted octanol–water partition coefficient (Wildman–Crippen LogP) is 2.10. The topological polar surface area (TPSA) is 54.3 Å². The fraction of sp³-hybridized carbons (Fsp3) is 0.412. The number of amides is 2. The monoisotopic (exact) mass is 331 g/mol. The number of carbonyl (C=O) groups is 2. The second kappa shape index (κ2) is 7.08. The molecule has 2 aromatic rings. The molecule has 0 spiro atoms. The van der Waals surface area contributed by atoms with Gasteiger partial charge in [-0.3, -0.25) is 9.59 Å². The first kappa shape index (κ1) is 15.9. The number of nitrogens with zero attached hydrogens (tertiary/aromatic N) is 2. The molecule has 1 N–H and O–H groups in total. The number of rotatable bonds is 5. The molecule has 1 aromatic carbocycles. The van der Waals surface area contributed by atoms with Gasteiger partial charge in [0, 0.05) is 42.1 Å². The number of benzene rings is 1. The highest BCUT2D eigenvalue weighted by Gasteiger charge is 2.19. The molecule has 0 saturated carbocycles. The summed E-state index contributed by atoms with van der Waals surface area (Å²) < 4.78 is 2.00. The first-order chi connectivity index (χ1) is 11.2. The fourth-order valence-electron chi connectivity index (χ4n) is 2.89. The van der Waals surface area contributed by atoms with Crippen LogP contribution in [0.25, 0.3) is 10.9 Å². The Bertz CT molecular complexity index is 720. The minimum absolute atomic E-state index is 0.0000238. The van der Waals surface area contributed by atoms with Crippen molar-refractivity contribution in [3.8, 4) is 0 Å². The Morgan fingerprint density at radius 1 is 1.22 bits per heavy atom. The molecular weight excluding hydrogens is 310 g/mol. The van der Waals surface area contributed by atoms with Gasteiger partial charge in [-0.15, -0.1) is 11.8 Å². The number of fused-ring (bicyclic) bond motifs is 1. The lowest BCUT2D eigenvalue weighted by molar-refractivity contribution is -0.130. The molecule has 1 aliphatic heterocycles. The van der Waals surface area contributed by atoms with Crippen molar-refractivity contribution in [2.75, 3.05) is 25.9 Å². The van der Waals surface area contributed by atoms with Gasteiger partial charge < -0.3 is 14.8 Å². The maximum atomic E-state index is 12.4. The summed E-state index contributed by atoms with van der Waals surface area (Å²) in [6.45, 7) is 2.10. The van der Waals surface area contributed by atoms with Crippen LogP contribution in [0.15, 0.2) is 35.4 Å². The van der Waals surface area contributed by atoms with Crippen LogP contribution in [0.1, 0.15) is 12.8 Å². The Balaban J connectivity index is 1.82. The van der Waals surface area contributed by atoms with E-state index in [1.807, 2.05) is 39.9 Å². The van der Waals surface area contributed by atoms with Crippen molar-refractivity contribution in [3.05, 3.63) is 30.5 Å². The fourth-order valence-corrected chi connectivity index (χ4v) is 3.85. The molecule has 1 fully saturated rings. The van der Waals surface area contributed by atoms with Gasteiger partial charge in [0.15, 0.2) is 0 Å². The first-order valence-corrected chi connectivity index (χ1v) is 8.86. The van der Waals surface area contributed by atoms with Crippen molar-refractivity contribution < 1.29 is 9.59 Å². The molecule has 23 heavy (non-hydrogen) atoms. The summed E-state index contributed by atoms with van der Waals surface area (Å²) in [7, 11) is 1.64. The van der Waals surface area contributed by atoms with E-state index in [9.17, 15) is 9.59 Å². The molecule has 0 radical (unpaired) electrons. The van der Waals surface area contributed by atoms with E-state index in [0.717, 1.165) is 41.7 Å². The second-order valence-electron chi connectivity index (χ2n) is 5.69. The average molecular weight is 331 g/mol. The van der Waals surface area contributed by atoms with Gasteiger partial charge in [-0.2, -0.15) is 0 Å². The van der Waals surface area contributed by atoms with Crippen molar-refractivity contribution in [2.24, 2.45) is 0 Å². The van der Waals surface area contributed by atoms with E-state index < -0.39 is 0 Å². The third kappa shape index (κ3) is 3.52. The molecule has 2 heterocycles. The Morgan fingerprint density at radius 3 is 2.70 bits per heavy atom. The summed E-state index contributed by atoms with van der Waals surface area (Å²) in [6.07, 6.45) is 4.20.